The number of carbonyl (C=O) groups excluding carboxylic acids is 1. The van der Waals surface area contributed by atoms with E-state index in [1.807, 2.05) is 23.1 Å². The van der Waals surface area contributed by atoms with Gasteiger partial charge < -0.3 is 10.0 Å². The molecule has 2 heterocycles. The average molecular weight is 362 g/mol. The molecule has 4 heteroatoms. The molecule has 2 aliphatic heterocycles. The van der Waals surface area contributed by atoms with Crippen LogP contribution < -0.4 is 0 Å². The molecule has 1 fully saturated rings. The van der Waals surface area contributed by atoms with Gasteiger partial charge in [-0.15, -0.1) is 0 Å². The van der Waals surface area contributed by atoms with E-state index in [-0.39, 0.29) is 11.3 Å². The number of fused-ring (bicyclic) bond motifs is 3. The van der Waals surface area contributed by atoms with Crippen LogP contribution in [-0.4, -0.2) is 53.1 Å². The van der Waals surface area contributed by atoms with Gasteiger partial charge in [0, 0.05) is 43.7 Å². The van der Waals surface area contributed by atoms with Gasteiger partial charge in [0.05, 0.1) is 6.10 Å². The number of β-amino-alcohol motifs (C(OH)–C–C–N with tert-alkyl or cyclic N) is 1. The first-order valence-corrected chi connectivity index (χ1v) is 10.0. The Hall–Kier alpha value is -2.17. The lowest BCUT2D eigenvalue weighted by Gasteiger charge is -2.37. The summed E-state index contributed by atoms with van der Waals surface area (Å²) in [5.41, 5.74) is 4.97. The van der Waals surface area contributed by atoms with Crippen LogP contribution >= 0.6 is 0 Å². The van der Waals surface area contributed by atoms with Crippen molar-refractivity contribution in [2.75, 3.05) is 26.2 Å². The van der Waals surface area contributed by atoms with Crippen molar-refractivity contribution in [3.63, 3.8) is 0 Å². The smallest absolute Gasteiger partial charge is 0.254 e. The maximum absolute atomic E-state index is 12.9. The minimum absolute atomic E-state index is 0.0752. The van der Waals surface area contributed by atoms with Crippen LogP contribution in [0.25, 0.3) is 0 Å². The molecular formula is C23H26N2O2. The molecule has 1 N–H and O–H groups in total. The molecule has 2 aromatic carbocycles. The maximum Gasteiger partial charge on any atom is 0.254 e. The van der Waals surface area contributed by atoms with Crippen molar-refractivity contribution in [3.05, 3.63) is 70.8 Å². The Kier molecular flexibility index (Phi) is 4.06. The highest BCUT2D eigenvalue weighted by molar-refractivity contribution is 5.97. The molecule has 0 saturated heterocycles. The largest absolute Gasteiger partial charge is 0.390 e. The Bertz CT molecular complexity index is 874. The number of hydrogen-bond acceptors (Lipinski definition) is 3. The topological polar surface area (TPSA) is 43.8 Å². The Morgan fingerprint density at radius 1 is 1.00 bits per heavy atom. The Labute approximate surface area is 160 Å². The van der Waals surface area contributed by atoms with Gasteiger partial charge >= 0.3 is 0 Å². The van der Waals surface area contributed by atoms with Crippen molar-refractivity contribution in [2.24, 2.45) is 0 Å². The predicted octanol–water partition coefficient (Wildman–Crippen LogP) is 2.59. The van der Waals surface area contributed by atoms with Gasteiger partial charge in [-0.25, -0.2) is 0 Å². The van der Waals surface area contributed by atoms with Crippen LogP contribution in [0.3, 0.4) is 0 Å². The zero-order chi connectivity index (χ0) is 18.4. The predicted molar refractivity (Wildman–Crippen MR) is 105 cm³/mol. The highest BCUT2D eigenvalue weighted by atomic mass is 16.3. The van der Waals surface area contributed by atoms with Crippen LogP contribution in [-0.2, 0) is 18.4 Å². The van der Waals surface area contributed by atoms with Crippen molar-refractivity contribution < 1.29 is 9.90 Å². The quantitative estimate of drug-likeness (QED) is 0.909. The first-order chi connectivity index (χ1) is 13.1. The molecule has 2 aromatic rings. The number of aliphatic hydroxyl groups is 1. The summed E-state index contributed by atoms with van der Waals surface area (Å²) >= 11 is 0. The molecule has 1 atom stereocenters. The lowest BCUT2D eigenvalue weighted by Crippen LogP contribution is -2.49. The van der Waals surface area contributed by atoms with Gasteiger partial charge in [-0.1, -0.05) is 42.5 Å². The van der Waals surface area contributed by atoms with Crippen molar-refractivity contribution in [1.82, 2.24) is 9.80 Å². The van der Waals surface area contributed by atoms with Gasteiger partial charge in [-0.3, -0.25) is 9.69 Å². The van der Waals surface area contributed by atoms with Gasteiger partial charge in [0.15, 0.2) is 0 Å². The van der Waals surface area contributed by atoms with Crippen LogP contribution in [0.4, 0.5) is 0 Å². The number of rotatable bonds is 4. The highest BCUT2D eigenvalue weighted by Crippen LogP contribution is 2.52. The molecule has 1 aliphatic carbocycles. The SMILES string of the molecule is O=C1c2ccccc2C2(CC2)CN1C[C@H](O)CN1CCc2ccccc2C1. The number of amides is 1. The molecule has 4 nitrogen and oxygen atoms in total. The third-order valence-electron chi connectivity index (χ3n) is 6.47. The van der Waals surface area contributed by atoms with E-state index in [2.05, 4.69) is 35.2 Å². The van der Waals surface area contributed by atoms with E-state index in [4.69, 9.17) is 0 Å². The zero-order valence-corrected chi connectivity index (χ0v) is 15.6. The molecule has 0 unspecified atom stereocenters. The highest BCUT2D eigenvalue weighted by Gasteiger charge is 2.51. The van der Waals surface area contributed by atoms with E-state index >= 15 is 0 Å². The minimum Gasteiger partial charge on any atom is -0.390 e. The first-order valence-electron chi connectivity index (χ1n) is 10.0. The van der Waals surface area contributed by atoms with Crippen LogP contribution in [0.5, 0.6) is 0 Å². The second kappa shape index (κ2) is 6.47. The van der Waals surface area contributed by atoms with E-state index < -0.39 is 6.10 Å². The molecule has 1 saturated carbocycles. The third kappa shape index (κ3) is 3.07. The summed E-state index contributed by atoms with van der Waals surface area (Å²) in [5, 5.41) is 10.7. The third-order valence-corrected chi connectivity index (χ3v) is 6.47. The monoisotopic (exact) mass is 362 g/mol. The lowest BCUT2D eigenvalue weighted by atomic mass is 9.86. The van der Waals surface area contributed by atoms with Crippen LogP contribution in [0, 0.1) is 0 Å². The van der Waals surface area contributed by atoms with Crippen molar-refractivity contribution in [2.45, 2.75) is 37.3 Å². The molecule has 0 aromatic heterocycles. The fraction of sp³-hybridized carbons (Fsp3) is 0.435. The van der Waals surface area contributed by atoms with Crippen LogP contribution in [0.15, 0.2) is 48.5 Å². The van der Waals surface area contributed by atoms with E-state index in [0.717, 1.165) is 44.5 Å². The molecule has 0 radical (unpaired) electrons. The fourth-order valence-corrected chi connectivity index (χ4v) is 4.87. The van der Waals surface area contributed by atoms with Gasteiger partial charge in [-0.2, -0.15) is 0 Å². The molecule has 0 bridgehead atoms. The van der Waals surface area contributed by atoms with Crippen LogP contribution in [0.2, 0.25) is 0 Å². The van der Waals surface area contributed by atoms with Crippen molar-refractivity contribution in [3.8, 4) is 0 Å². The summed E-state index contributed by atoms with van der Waals surface area (Å²) in [4.78, 5) is 17.1. The maximum atomic E-state index is 12.9. The van der Waals surface area contributed by atoms with Crippen molar-refractivity contribution >= 4 is 5.91 Å². The second-order valence-electron chi connectivity index (χ2n) is 8.42. The summed E-state index contributed by atoms with van der Waals surface area (Å²) in [7, 11) is 0. The molecule has 140 valence electrons. The molecule has 1 spiro atoms. The lowest BCUT2D eigenvalue weighted by molar-refractivity contribution is 0.0459. The normalized spacial score (nSPS) is 21.7. The van der Waals surface area contributed by atoms with Crippen LogP contribution in [0.1, 0.15) is 39.9 Å². The fourth-order valence-electron chi connectivity index (χ4n) is 4.87. The number of aliphatic hydroxyl groups excluding tert-OH is 1. The van der Waals surface area contributed by atoms with E-state index in [1.165, 1.54) is 16.7 Å². The summed E-state index contributed by atoms with van der Waals surface area (Å²) in [5.74, 6) is 0.0752. The second-order valence-corrected chi connectivity index (χ2v) is 8.42. The summed E-state index contributed by atoms with van der Waals surface area (Å²) in [6, 6.07) is 16.6. The van der Waals surface area contributed by atoms with E-state index in [9.17, 15) is 9.90 Å². The Balaban J connectivity index is 1.26. The molecule has 5 rings (SSSR count). The minimum atomic E-state index is -0.514. The molecule has 3 aliphatic rings. The van der Waals surface area contributed by atoms with Crippen molar-refractivity contribution in [1.29, 1.82) is 0 Å². The number of carbonyl (C=O) groups is 1. The summed E-state index contributed by atoms with van der Waals surface area (Å²) in [6.45, 7) is 3.64. The standard InChI is InChI=1S/C23H26N2O2/c26-19(14-24-12-9-17-5-1-2-6-18(17)13-24)15-25-16-23(10-11-23)21-8-4-3-7-20(21)22(25)27/h1-8,19,26H,9-16H2/t19-/m1/s1. The molecular weight excluding hydrogens is 336 g/mol. The number of benzene rings is 2. The van der Waals surface area contributed by atoms with Gasteiger partial charge in [-0.05, 0) is 42.0 Å². The average Bonchev–Trinajstić information content (AvgIpc) is 3.46. The van der Waals surface area contributed by atoms with Gasteiger partial charge in [0.2, 0.25) is 0 Å². The van der Waals surface area contributed by atoms with E-state index in [1.54, 1.807) is 0 Å². The van der Waals surface area contributed by atoms with E-state index in [0.29, 0.717) is 13.1 Å². The Morgan fingerprint density at radius 2 is 1.74 bits per heavy atom. The molecule has 1 amide bonds. The summed E-state index contributed by atoms with van der Waals surface area (Å²) < 4.78 is 0. The Morgan fingerprint density at radius 3 is 2.56 bits per heavy atom. The van der Waals surface area contributed by atoms with Gasteiger partial charge in [0.1, 0.15) is 0 Å². The first kappa shape index (κ1) is 17.0. The number of hydrogen-bond donors (Lipinski definition) is 1. The van der Waals surface area contributed by atoms with Gasteiger partial charge in [0.25, 0.3) is 5.91 Å². The number of nitrogens with zero attached hydrogens (tertiary/aromatic N) is 2. The summed E-state index contributed by atoms with van der Waals surface area (Å²) in [6.07, 6.45) is 2.81. The molecule has 27 heavy (non-hydrogen) atoms. The zero-order valence-electron chi connectivity index (χ0n) is 15.6.